The average Bonchev–Trinajstić information content (AvgIpc) is 2.92. The highest BCUT2D eigenvalue weighted by molar-refractivity contribution is 7.07. The van der Waals surface area contributed by atoms with E-state index >= 15 is 0 Å². The van der Waals surface area contributed by atoms with Crippen molar-refractivity contribution in [3.8, 4) is 0 Å². The first kappa shape index (κ1) is 13.2. The van der Waals surface area contributed by atoms with Gasteiger partial charge in [0.05, 0.1) is 0 Å². The molecule has 0 amide bonds. The lowest BCUT2D eigenvalue weighted by Crippen LogP contribution is -2.08. The molecule has 0 bridgehead atoms. The number of nitrogens with one attached hydrogen (secondary N) is 1. The van der Waals surface area contributed by atoms with Gasteiger partial charge in [-0.1, -0.05) is 32.0 Å². The van der Waals surface area contributed by atoms with Gasteiger partial charge in [-0.15, -0.1) is 0 Å². The summed E-state index contributed by atoms with van der Waals surface area (Å²) >= 11 is 1.77. The molecule has 0 aliphatic rings. The first-order valence-electron chi connectivity index (χ1n) is 6.70. The highest BCUT2D eigenvalue weighted by Crippen LogP contribution is 2.22. The topological polar surface area (TPSA) is 12.0 Å². The molecule has 96 valence electrons. The van der Waals surface area contributed by atoms with Gasteiger partial charge in [0.25, 0.3) is 0 Å². The molecular formula is C16H21NS. The second-order valence-corrected chi connectivity index (χ2v) is 5.25. The van der Waals surface area contributed by atoms with Crippen LogP contribution in [0.4, 0.5) is 5.69 Å². The smallest absolute Gasteiger partial charge is 0.0405 e. The van der Waals surface area contributed by atoms with Crippen LogP contribution in [0.1, 0.15) is 30.5 Å². The van der Waals surface area contributed by atoms with Crippen LogP contribution in [-0.2, 0) is 19.3 Å². The fourth-order valence-corrected chi connectivity index (χ4v) is 2.94. The fourth-order valence-electron chi connectivity index (χ4n) is 2.24. The van der Waals surface area contributed by atoms with Gasteiger partial charge in [0, 0.05) is 12.2 Å². The third kappa shape index (κ3) is 3.14. The highest BCUT2D eigenvalue weighted by Gasteiger charge is 2.05. The van der Waals surface area contributed by atoms with Gasteiger partial charge in [0.15, 0.2) is 0 Å². The van der Waals surface area contributed by atoms with Gasteiger partial charge in [-0.3, -0.25) is 0 Å². The molecule has 1 N–H and O–H groups in total. The van der Waals surface area contributed by atoms with Crippen molar-refractivity contribution >= 4 is 17.0 Å². The van der Waals surface area contributed by atoms with Crippen LogP contribution >= 0.6 is 11.3 Å². The maximum absolute atomic E-state index is 3.63. The van der Waals surface area contributed by atoms with Crippen LogP contribution in [0.3, 0.4) is 0 Å². The minimum absolute atomic E-state index is 1.01. The Labute approximate surface area is 114 Å². The van der Waals surface area contributed by atoms with Crippen molar-refractivity contribution in [3.05, 3.63) is 51.7 Å². The Hall–Kier alpha value is -1.28. The van der Waals surface area contributed by atoms with Gasteiger partial charge in [-0.05, 0) is 52.8 Å². The fraction of sp³-hybridized carbons (Fsp3) is 0.375. The quantitative estimate of drug-likeness (QED) is 0.804. The van der Waals surface area contributed by atoms with E-state index in [1.807, 2.05) is 0 Å². The first-order valence-corrected chi connectivity index (χ1v) is 7.65. The van der Waals surface area contributed by atoms with E-state index in [0.29, 0.717) is 0 Å². The molecule has 0 radical (unpaired) electrons. The summed E-state index contributed by atoms with van der Waals surface area (Å²) in [5, 5.41) is 8.00. The number of para-hydroxylation sites is 1. The maximum Gasteiger partial charge on any atom is 0.0405 e. The summed E-state index contributed by atoms with van der Waals surface area (Å²) in [7, 11) is 0. The molecular weight excluding hydrogens is 238 g/mol. The molecule has 1 aromatic carbocycles. The van der Waals surface area contributed by atoms with E-state index in [0.717, 1.165) is 25.8 Å². The SMILES string of the molecule is CCc1cccc(CC)c1NCCc1ccsc1. The van der Waals surface area contributed by atoms with Crippen molar-refractivity contribution < 1.29 is 0 Å². The number of rotatable bonds is 6. The third-order valence-electron chi connectivity index (χ3n) is 3.29. The first-order chi connectivity index (χ1) is 8.85. The zero-order valence-electron chi connectivity index (χ0n) is 11.2. The summed E-state index contributed by atoms with van der Waals surface area (Å²) < 4.78 is 0. The zero-order chi connectivity index (χ0) is 12.8. The molecule has 0 spiro atoms. The summed E-state index contributed by atoms with van der Waals surface area (Å²) in [5.74, 6) is 0. The molecule has 0 saturated carbocycles. The number of aryl methyl sites for hydroxylation is 2. The number of benzene rings is 1. The number of thiophene rings is 1. The second-order valence-electron chi connectivity index (χ2n) is 4.47. The zero-order valence-corrected chi connectivity index (χ0v) is 12.0. The van der Waals surface area contributed by atoms with Crippen LogP contribution in [-0.4, -0.2) is 6.54 Å². The Morgan fingerprint density at radius 1 is 1.06 bits per heavy atom. The van der Waals surface area contributed by atoms with Crippen LogP contribution in [0.5, 0.6) is 0 Å². The third-order valence-corrected chi connectivity index (χ3v) is 4.03. The van der Waals surface area contributed by atoms with E-state index in [9.17, 15) is 0 Å². The normalized spacial score (nSPS) is 10.6. The van der Waals surface area contributed by atoms with Crippen LogP contribution < -0.4 is 5.32 Å². The molecule has 0 atom stereocenters. The lowest BCUT2D eigenvalue weighted by Gasteiger charge is -2.15. The van der Waals surface area contributed by atoms with Crippen molar-refractivity contribution in [1.29, 1.82) is 0 Å². The maximum atomic E-state index is 3.63. The van der Waals surface area contributed by atoms with E-state index in [2.05, 4.69) is 54.2 Å². The Balaban J connectivity index is 2.03. The summed E-state index contributed by atoms with van der Waals surface area (Å²) in [6.07, 6.45) is 3.29. The Bertz CT molecular complexity index is 452. The van der Waals surface area contributed by atoms with Gasteiger partial charge >= 0.3 is 0 Å². The Morgan fingerprint density at radius 2 is 1.78 bits per heavy atom. The molecule has 1 nitrogen and oxygen atoms in total. The summed E-state index contributed by atoms with van der Waals surface area (Å²) in [6.45, 7) is 5.46. The predicted molar refractivity (Wildman–Crippen MR) is 81.7 cm³/mol. The Kier molecular flexibility index (Phi) is 4.82. The lowest BCUT2D eigenvalue weighted by molar-refractivity contribution is 0.998. The minimum atomic E-state index is 1.01. The lowest BCUT2D eigenvalue weighted by atomic mass is 10.0. The minimum Gasteiger partial charge on any atom is -0.384 e. The standard InChI is InChI=1S/C16H21NS/c1-3-14-6-5-7-15(4-2)16(14)17-10-8-13-9-11-18-12-13/h5-7,9,11-12,17H,3-4,8,10H2,1-2H3. The van der Waals surface area contributed by atoms with Gasteiger partial charge in [-0.25, -0.2) is 0 Å². The van der Waals surface area contributed by atoms with Crippen LogP contribution in [0.15, 0.2) is 35.0 Å². The average molecular weight is 259 g/mol. The van der Waals surface area contributed by atoms with Crippen LogP contribution in [0.2, 0.25) is 0 Å². The van der Waals surface area contributed by atoms with Crippen molar-refractivity contribution in [1.82, 2.24) is 0 Å². The molecule has 2 rings (SSSR count). The summed E-state index contributed by atoms with van der Waals surface area (Å²) in [5.41, 5.74) is 5.65. The van der Waals surface area contributed by atoms with Gasteiger partial charge < -0.3 is 5.32 Å². The van der Waals surface area contributed by atoms with Crippen LogP contribution in [0.25, 0.3) is 0 Å². The second kappa shape index (κ2) is 6.60. The highest BCUT2D eigenvalue weighted by atomic mass is 32.1. The van der Waals surface area contributed by atoms with E-state index in [4.69, 9.17) is 0 Å². The van der Waals surface area contributed by atoms with E-state index in [1.54, 1.807) is 11.3 Å². The molecule has 0 unspecified atom stereocenters. The molecule has 0 aliphatic heterocycles. The van der Waals surface area contributed by atoms with E-state index in [-0.39, 0.29) is 0 Å². The molecule has 1 heterocycles. The number of anilines is 1. The van der Waals surface area contributed by atoms with E-state index in [1.165, 1.54) is 22.4 Å². The molecule has 18 heavy (non-hydrogen) atoms. The number of hydrogen-bond acceptors (Lipinski definition) is 2. The summed E-state index contributed by atoms with van der Waals surface area (Å²) in [4.78, 5) is 0. The van der Waals surface area contributed by atoms with Crippen molar-refractivity contribution in [2.45, 2.75) is 33.1 Å². The molecule has 0 saturated heterocycles. The molecule has 0 aliphatic carbocycles. The van der Waals surface area contributed by atoms with Crippen molar-refractivity contribution in [3.63, 3.8) is 0 Å². The van der Waals surface area contributed by atoms with Gasteiger partial charge in [0.2, 0.25) is 0 Å². The largest absolute Gasteiger partial charge is 0.384 e. The molecule has 0 fully saturated rings. The monoisotopic (exact) mass is 259 g/mol. The van der Waals surface area contributed by atoms with Gasteiger partial charge in [0.1, 0.15) is 0 Å². The van der Waals surface area contributed by atoms with Crippen molar-refractivity contribution in [2.75, 3.05) is 11.9 Å². The molecule has 2 aromatic rings. The van der Waals surface area contributed by atoms with Crippen molar-refractivity contribution in [2.24, 2.45) is 0 Å². The predicted octanol–water partition coefficient (Wildman–Crippen LogP) is 4.53. The molecule has 2 heteroatoms. The Morgan fingerprint density at radius 3 is 2.33 bits per heavy atom. The van der Waals surface area contributed by atoms with Gasteiger partial charge in [-0.2, -0.15) is 11.3 Å². The van der Waals surface area contributed by atoms with Crippen LogP contribution in [0, 0.1) is 0 Å². The summed E-state index contributed by atoms with van der Waals surface area (Å²) in [6, 6.07) is 8.83. The number of hydrogen-bond donors (Lipinski definition) is 1. The molecule has 1 aromatic heterocycles. The van der Waals surface area contributed by atoms with E-state index < -0.39 is 0 Å².